The lowest BCUT2D eigenvalue weighted by molar-refractivity contribution is -0.119. The van der Waals surface area contributed by atoms with Gasteiger partial charge in [-0.25, -0.2) is 8.42 Å². The maximum absolute atomic E-state index is 13.2. The molecular weight excluding hydrogens is 386 g/mol. The quantitative estimate of drug-likeness (QED) is 0.720. The SMILES string of the molecule is CN1CCC(CCNC(=O)CN(c2ccccc2)S(=O)(=O)c2ccccc2)CC1. The average molecular weight is 416 g/mol. The summed E-state index contributed by atoms with van der Waals surface area (Å²) >= 11 is 0. The van der Waals surface area contributed by atoms with Crippen LogP contribution in [0.5, 0.6) is 0 Å². The Morgan fingerprint density at radius 3 is 2.24 bits per heavy atom. The van der Waals surface area contributed by atoms with Crippen LogP contribution in [0.2, 0.25) is 0 Å². The Kier molecular flexibility index (Phi) is 7.28. The molecule has 0 radical (unpaired) electrons. The summed E-state index contributed by atoms with van der Waals surface area (Å²) < 4.78 is 27.5. The van der Waals surface area contributed by atoms with E-state index in [1.54, 1.807) is 54.6 Å². The summed E-state index contributed by atoms with van der Waals surface area (Å²) in [6, 6.07) is 17.0. The Morgan fingerprint density at radius 2 is 1.62 bits per heavy atom. The maximum Gasteiger partial charge on any atom is 0.264 e. The molecule has 0 bridgehead atoms. The predicted octanol–water partition coefficient (Wildman–Crippen LogP) is 2.73. The molecule has 1 amide bonds. The van der Waals surface area contributed by atoms with E-state index in [4.69, 9.17) is 0 Å². The van der Waals surface area contributed by atoms with Gasteiger partial charge in [0.1, 0.15) is 6.54 Å². The number of rotatable bonds is 8. The first-order valence-electron chi connectivity index (χ1n) is 10.0. The second-order valence-electron chi connectivity index (χ2n) is 7.55. The van der Waals surface area contributed by atoms with Gasteiger partial charge in [0, 0.05) is 6.54 Å². The van der Waals surface area contributed by atoms with Crippen LogP contribution in [0.4, 0.5) is 5.69 Å². The fraction of sp³-hybridized carbons (Fsp3) is 0.409. The van der Waals surface area contributed by atoms with Gasteiger partial charge in [0.2, 0.25) is 5.91 Å². The number of sulfonamides is 1. The van der Waals surface area contributed by atoms with Gasteiger partial charge in [0.25, 0.3) is 10.0 Å². The van der Waals surface area contributed by atoms with Gasteiger partial charge in [-0.3, -0.25) is 9.10 Å². The van der Waals surface area contributed by atoms with E-state index in [0.29, 0.717) is 18.2 Å². The van der Waals surface area contributed by atoms with Gasteiger partial charge >= 0.3 is 0 Å². The van der Waals surface area contributed by atoms with E-state index in [9.17, 15) is 13.2 Å². The highest BCUT2D eigenvalue weighted by Gasteiger charge is 2.27. The largest absolute Gasteiger partial charge is 0.355 e. The van der Waals surface area contributed by atoms with Crippen LogP contribution in [0.1, 0.15) is 19.3 Å². The summed E-state index contributed by atoms with van der Waals surface area (Å²) in [6.45, 7) is 2.52. The first-order valence-corrected chi connectivity index (χ1v) is 11.5. The van der Waals surface area contributed by atoms with Gasteiger partial charge in [-0.2, -0.15) is 0 Å². The number of likely N-dealkylation sites (tertiary alicyclic amines) is 1. The smallest absolute Gasteiger partial charge is 0.264 e. The Labute approximate surface area is 173 Å². The lowest BCUT2D eigenvalue weighted by Gasteiger charge is -2.29. The molecular formula is C22H29N3O3S. The fourth-order valence-electron chi connectivity index (χ4n) is 3.58. The first-order chi connectivity index (χ1) is 14.0. The van der Waals surface area contributed by atoms with Crippen LogP contribution >= 0.6 is 0 Å². The first kappa shape index (κ1) is 21.3. The molecule has 1 saturated heterocycles. The van der Waals surface area contributed by atoms with Gasteiger partial charge in [0.05, 0.1) is 10.6 Å². The van der Waals surface area contributed by atoms with Gasteiger partial charge in [0.15, 0.2) is 0 Å². The van der Waals surface area contributed by atoms with Crippen molar-refractivity contribution in [2.75, 3.05) is 37.5 Å². The van der Waals surface area contributed by atoms with Gasteiger partial charge in [-0.05, 0) is 69.6 Å². The van der Waals surface area contributed by atoms with Crippen LogP contribution in [-0.4, -0.2) is 52.5 Å². The number of para-hydroxylation sites is 1. The molecule has 0 aromatic heterocycles. The maximum atomic E-state index is 13.2. The number of anilines is 1. The number of amides is 1. The molecule has 1 aliphatic rings. The second kappa shape index (κ2) is 9.89. The van der Waals surface area contributed by atoms with Gasteiger partial charge < -0.3 is 10.2 Å². The van der Waals surface area contributed by atoms with E-state index in [1.165, 1.54) is 4.31 Å². The molecule has 1 heterocycles. The van der Waals surface area contributed by atoms with Crippen molar-refractivity contribution in [1.29, 1.82) is 0 Å². The molecule has 2 aromatic carbocycles. The minimum atomic E-state index is -3.83. The molecule has 1 fully saturated rings. The highest BCUT2D eigenvalue weighted by molar-refractivity contribution is 7.92. The molecule has 2 aromatic rings. The monoisotopic (exact) mass is 415 g/mol. The van der Waals surface area contributed by atoms with E-state index in [0.717, 1.165) is 32.4 Å². The van der Waals surface area contributed by atoms with Crippen molar-refractivity contribution in [3.8, 4) is 0 Å². The second-order valence-corrected chi connectivity index (χ2v) is 9.41. The van der Waals surface area contributed by atoms with Crippen LogP contribution in [-0.2, 0) is 14.8 Å². The summed E-state index contributed by atoms with van der Waals surface area (Å²) in [5.41, 5.74) is 0.474. The highest BCUT2D eigenvalue weighted by atomic mass is 32.2. The third kappa shape index (κ3) is 5.81. The van der Waals surface area contributed by atoms with Gasteiger partial charge in [-0.1, -0.05) is 36.4 Å². The van der Waals surface area contributed by atoms with E-state index in [2.05, 4.69) is 17.3 Å². The van der Waals surface area contributed by atoms with Crippen LogP contribution in [0.25, 0.3) is 0 Å². The summed E-state index contributed by atoms with van der Waals surface area (Å²) in [6.07, 6.45) is 3.21. The predicted molar refractivity (Wildman–Crippen MR) is 115 cm³/mol. The van der Waals surface area contributed by atoms with Crippen molar-refractivity contribution < 1.29 is 13.2 Å². The highest BCUT2D eigenvalue weighted by Crippen LogP contribution is 2.23. The average Bonchev–Trinajstić information content (AvgIpc) is 2.74. The third-order valence-electron chi connectivity index (χ3n) is 5.38. The summed E-state index contributed by atoms with van der Waals surface area (Å²) in [4.78, 5) is 15.1. The minimum Gasteiger partial charge on any atom is -0.355 e. The minimum absolute atomic E-state index is 0.169. The molecule has 1 N–H and O–H groups in total. The van der Waals surface area contributed by atoms with E-state index in [1.807, 2.05) is 6.07 Å². The molecule has 29 heavy (non-hydrogen) atoms. The number of hydrogen-bond acceptors (Lipinski definition) is 4. The van der Waals surface area contributed by atoms with E-state index >= 15 is 0 Å². The molecule has 156 valence electrons. The number of nitrogens with zero attached hydrogens (tertiary/aromatic N) is 2. The van der Waals surface area contributed by atoms with Crippen LogP contribution in [0.3, 0.4) is 0 Å². The Balaban J connectivity index is 1.65. The standard InChI is InChI=1S/C22H29N3O3S/c1-24-16-13-19(14-17-24)12-15-23-22(26)18-25(20-8-4-2-5-9-20)29(27,28)21-10-6-3-7-11-21/h2-11,19H,12-18H2,1H3,(H,23,26). The molecule has 0 spiro atoms. The molecule has 7 heteroatoms. The molecule has 3 rings (SSSR count). The van der Waals surface area contributed by atoms with Crippen molar-refractivity contribution in [3.63, 3.8) is 0 Å². The molecule has 0 atom stereocenters. The van der Waals surface area contributed by atoms with Gasteiger partial charge in [-0.15, -0.1) is 0 Å². The number of piperidine rings is 1. The van der Waals surface area contributed by atoms with Crippen molar-refractivity contribution in [2.24, 2.45) is 5.92 Å². The zero-order valence-electron chi connectivity index (χ0n) is 16.8. The van der Waals surface area contributed by atoms with Crippen molar-refractivity contribution in [3.05, 3.63) is 60.7 Å². The summed E-state index contributed by atoms with van der Waals surface area (Å²) in [5, 5.41) is 2.91. The number of benzene rings is 2. The Bertz CT molecular complexity index is 880. The Morgan fingerprint density at radius 1 is 1.03 bits per heavy atom. The zero-order valence-corrected chi connectivity index (χ0v) is 17.6. The summed E-state index contributed by atoms with van der Waals surface area (Å²) in [5.74, 6) is 0.325. The zero-order chi connectivity index (χ0) is 20.7. The van der Waals surface area contributed by atoms with Crippen molar-refractivity contribution in [2.45, 2.75) is 24.2 Å². The Hall–Kier alpha value is -2.38. The van der Waals surface area contributed by atoms with Crippen LogP contribution in [0.15, 0.2) is 65.6 Å². The number of nitrogens with one attached hydrogen (secondary N) is 1. The molecule has 0 aliphatic carbocycles. The van der Waals surface area contributed by atoms with Crippen molar-refractivity contribution >= 4 is 21.6 Å². The molecule has 0 saturated carbocycles. The van der Waals surface area contributed by atoms with Crippen LogP contribution in [0, 0.1) is 5.92 Å². The molecule has 0 unspecified atom stereocenters. The fourth-order valence-corrected chi connectivity index (χ4v) is 5.02. The summed E-state index contributed by atoms with van der Waals surface area (Å²) in [7, 11) is -1.71. The topological polar surface area (TPSA) is 69.7 Å². The lowest BCUT2D eigenvalue weighted by atomic mass is 9.94. The number of hydrogen-bond donors (Lipinski definition) is 1. The van der Waals surface area contributed by atoms with E-state index < -0.39 is 10.0 Å². The lowest BCUT2D eigenvalue weighted by Crippen LogP contribution is -2.41. The normalized spacial score (nSPS) is 15.8. The van der Waals surface area contributed by atoms with Crippen molar-refractivity contribution in [1.82, 2.24) is 10.2 Å². The number of carbonyl (C=O) groups is 1. The van der Waals surface area contributed by atoms with Crippen LogP contribution < -0.4 is 9.62 Å². The third-order valence-corrected chi connectivity index (χ3v) is 7.16. The van der Waals surface area contributed by atoms with E-state index in [-0.39, 0.29) is 17.3 Å². The molecule has 6 nitrogen and oxygen atoms in total. The molecule has 1 aliphatic heterocycles. The number of carbonyl (C=O) groups excluding carboxylic acids is 1.